The molecule has 4 heteroatoms. The van der Waals surface area contributed by atoms with Crippen molar-refractivity contribution in [3.8, 4) is 0 Å². The summed E-state index contributed by atoms with van der Waals surface area (Å²) in [7, 11) is 1.72. The smallest absolute Gasteiger partial charge is 0.184 e. The molecule has 1 N–H and O–H groups in total. The summed E-state index contributed by atoms with van der Waals surface area (Å²) >= 11 is 1.69. The number of hydrogen-bond donors (Lipinski definition) is 1. The van der Waals surface area contributed by atoms with Gasteiger partial charge < -0.3 is 10.1 Å². The average Bonchev–Trinajstić information content (AvgIpc) is 2.70. The van der Waals surface area contributed by atoms with Crippen LogP contribution in [0.4, 0.5) is 5.13 Å². The zero-order chi connectivity index (χ0) is 11.4. The van der Waals surface area contributed by atoms with E-state index >= 15 is 0 Å². The van der Waals surface area contributed by atoms with E-state index in [0.717, 1.165) is 17.1 Å². The number of rotatable bonds is 5. The molecule has 1 unspecified atom stereocenters. The molecule has 1 aromatic heterocycles. The molecule has 0 radical (unpaired) electrons. The number of anilines is 1. The fourth-order valence-electron chi connectivity index (χ4n) is 1.57. The average molecular weight is 236 g/mol. The maximum Gasteiger partial charge on any atom is 0.184 e. The van der Waals surface area contributed by atoms with Crippen LogP contribution in [0.5, 0.6) is 0 Å². The Balaban J connectivity index is 2.14. The van der Waals surface area contributed by atoms with Gasteiger partial charge in [-0.2, -0.15) is 0 Å². The van der Waals surface area contributed by atoms with Crippen molar-refractivity contribution < 1.29 is 4.74 Å². The molecular formula is C12H16N2OS. The van der Waals surface area contributed by atoms with Crippen LogP contribution in [0, 0.1) is 0 Å². The first-order valence-electron chi connectivity index (χ1n) is 5.44. The lowest BCUT2D eigenvalue weighted by molar-refractivity contribution is 0.184. The minimum absolute atomic E-state index is 0.338. The molecule has 0 aliphatic carbocycles. The second-order valence-electron chi connectivity index (χ2n) is 3.69. The first-order chi connectivity index (χ1) is 7.83. The van der Waals surface area contributed by atoms with Gasteiger partial charge in [0.1, 0.15) is 0 Å². The molecule has 1 aromatic carbocycles. The van der Waals surface area contributed by atoms with Crippen molar-refractivity contribution in [3.05, 3.63) is 24.3 Å². The summed E-state index contributed by atoms with van der Waals surface area (Å²) in [4.78, 5) is 4.53. The first kappa shape index (κ1) is 11.4. The van der Waals surface area contributed by atoms with Crippen LogP contribution >= 0.6 is 11.3 Å². The van der Waals surface area contributed by atoms with Gasteiger partial charge in [-0.1, -0.05) is 30.4 Å². The third-order valence-electron chi connectivity index (χ3n) is 2.48. The second-order valence-corrected chi connectivity index (χ2v) is 4.72. The van der Waals surface area contributed by atoms with Crippen molar-refractivity contribution in [2.24, 2.45) is 0 Å². The van der Waals surface area contributed by atoms with Crippen molar-refractivity contribution in [1.82, 2.24) is 4.98 Å². The third kappa shape index (κ3) is 2.51. The number of thiazole rings is 1. The van der Waals surface area contributed by atoms with Gasteiger partial charge in [0, 0.05) is 7.11 Å². The molecular weight excluding hydrogens is 220 g/mol. The molecule has 0 aliphatic heterocycles. The highest BCUT2D eigenvalue weighted by atomic mass is 32.1. The molecule has 0 saturated carbocycles. The minimum Gasteiger partial charge on any atom is -0.383 e. The molecule has 0 aliphatic rings. The molecule has 1 heterocycles. The lowest BCUT2D eigenvalue weighted by Gasteiger charge is -2.14. The first-order valence-corrected chi connectivity index (χ1v) is 6.26. The quantitative estimate of drug-likeness (QED) is 0.866. The second kappa shape index (κ2) is 5.27. The van der Waals surface area contributed by atoms with Gasteiger partial charge in [0.2, 0.25) is 0 Å². The molecule has 1 atom stereocenters. The van der Waals surface area contributed by atoms with Crippen molar-refractivity contribution in [2.75, 3.05) is 19.0 Å². The molecule has 86 valence electrons. The fraction of sp³-hybridized carbons (Fsp3) is 0.417. The predicted octanol–water partition coefficient (Wildman–Crippen LogP) is 3.13. The van der Waals surface area contributed by atoms with E-state index in [1.54, 1.807) is 18.4 Å². The highest BCUT2D eigenvalue weighted by molar-refractivity contribution is 7.22. The number of ether oxygens (including phenoxy) is 1. The van der Waals surface area contributed by atoms with Gasteiger partial charge >= 0.3 is 0 Å². The normalized spacial score (nSPS) is 12.9. The molecule has 0 spiro atoms. The van der Waals surface area contributed by atoms with Crippen molar-refractivity contribution in [3.63, 3.8) is 0 Å². The van der Waals surface area contributed by atoms with E-state index in [-0.39, 0.29) is 0 Å². The van der Waals surface area contributed by atoms with Crippen LogP contribution in [0.15, 0.2) is 24.3 Å². The summed E-state index contributed by atoms with van der Waals surface area (Å²) in [5.74, 6) is 0. The number of nitrogens with one attached hydrogen (secondary N) is 1. The zero-order valence-corrected chi connectivity index (χ0v) is 10.4. The number of methoxy groups -OCH3 is 1. The molecule has 0 amide bonds. The number of benzene rings is 1. The van der Waals surface area contributed by atoms with E-state index in [4.69, 9.17) is 4.74 Å². The van der Waals surface area contributed by atoms with Crippen LogP contribution in [0.25, 0.3) is 10.2 Å². The van der Waals surface area contributed by atoms with Gasteiger partial charge in [-0.05, 0) is 18.6 Å². The van der Waals surface area contributed by atoms with E-state index < -0.39 is 0 Å². The van der Waals surface area contributed by atoms with E-state index in [1.165, 1.54) is 4.70 Å². The Kier molecular flexibility index (Phi) is 3.74. The lowest BCUT2D eigenvalue weighted by Crippen LogP contribution is -2.23. The Labute approximate surface area is 99.5 Å². The lowest BCUT2D eigenvalue weighted by atomic mass is 10.2. The zero-order valence-electron chi connectivity index (χ0n) is 9.56. The Morgan fingerprint density at radius 3 is 2.94 bits per heavy atom. The van der Waals surface area contributed by atoms with Gasteiger partial charge in [-0.15, -0.1) is 0 Å². The monoisotopic (exact) mass is 236 g/mol. The largest absolute Gasteiger partial charge is 0.383 e. The fourth-order valence-corrected chi connectivity index (χ4v) is 2.51. The van der Waals surface area contributed by atoms with E-state index in [0.29, 0.717) is 12.6 Å². The van der Waals surface area contributed by atoms with Gasteiger partial charge in [0.05, 0.1) is 22.9 Å². The molecule has 3 nitrogen and oxygen atoms in total. The summed E-state index contributed by atoms with van der Waals surface area (Å²) < 4.78 is 6.38. The van der Waals surface area contributed by atoms with Crippen LogP contribution in [0.3, 0.4) is 0 Å². The predicted molar refractivity (Wildman–Crippen MR) is 69.2 cm³/mol. The standard InChI is InChI=1S/C12H16N2OS/c1-3-9(8-15-2)13-12-14-10-6-4-5-7-11(10)16-12/h4-7,9H,3,8H2,1-2H3,(H,13,14). The Hall–Kier alpha value is -1.13. The van der Waals surface area contributed by atoms with Crippen molar-refractivity contribution >= 4 is 26.7 Å². The highest BCUT2D eigenvalue weighted by Crippen LogP contribution is 2.26. The summed E-state index contributed by atoms with van der Waals surface area (Å²) in [5, 5.41) is 4.38. The van der Waals surface area contributed by atoms with E-state index in [2.05, 4.69) is 23.3 Å². The number of hydrogen-bond acceptors (Lipinski definition) is 4. The third-order valence-corrected chi connectivity index (χ3v) is 3.45. The van der Waals surface area contributed by atoms with Crippen molar-refractivity contribution in [1.29, 1.82) is 0 Å². The Morgan fingerprint density at radius 1 is 1.44 bits per heavy atom. The molecule has 16 heavy (non-hydrogen) atoms. The van der Waals surface area contributed by atoms with E-state index in [1.807, 2.05) is 18.2 Å². The number of fused-ring (bicyclic) bond motifs is 1. The SMILES string of the molecule is CCC(COC)Nc1nc2ccccc2s1. The summed E-state index contributed by atoms with van der Waals surface area (Å²) in [5.41, 5.74) is 1.06. The summed E-state index contributed by atoms with van der Waals surface area (Å²) in [6.07, 6.45) is 1.03. The molecule has 0 saturated heterocycles. The summed E-state index contributed by atoms with van der Waals surface area (Å²) in [6, 6.07) is 8.52. The van der Waals surface area contributed by atoms with Gasteiger partial charge in [0.25, 0.3) is 0 Å². The Morgan fingerprint density at radius 2 is 2.25 bits per heavy atom. The molecule has 0 fully saturated rings. The topological polar surface area (TPSA) is 34.1 Å². The number of aromatic nitrogens is 1. The maximum absolute atomic E-state index is 5.16. The molecule has 0 bridgehead atoms. The molecule has 2 aromatic rings. The number of para-hydroxylation sites is 1. The van der Waals surface area contributed by atoms with E-state index in [9.17, 15) is 0 Å². The Bertz CT molecular complexity index is 422. The molecule has 2 rings (SSSR count). The van der Waals surface area contributed by atoms with Crippen LogP contribution < -0.4 is 5.32 Å². The highest BCUT2D eigenvalue weighted by Gasteiger charge is 2.08. The maximum atomic E-state index is 5.16. The van der Waals surface area contributed by atoms with Gasteiger partial charge in [-0.25, -0.2) is 4.98 Å². The minimum atomic E-state index is 0.338. The van der Waals surface area contributed by atoms with Crippen LogP contribution in [0.2, 0.25) is 0 Å². The van der Waals surface area contributed by atoms with Crippen LogP contribution in [0.1, 0.15) is 13.3 Å². The van der Waals surface area contributed by atoms with Gasteiger partial charge in [0.15, 0.2) is 5.13 Å². The van der Waals surface area contributed by atoms with Crippen molar-refractivity contribution in [2.45, 2.75) is 19.4 Å². The van der Waals surface area contributed by atoms with Crippen LogP contribution in [-0.4, -0.2) is 24.7 Å². The summed E-state index contributed by atoms with van der Waals surface area (Å²) in [6.45, 7) is 2.86. The van der Waals surface area contributed by atoms with Crippen LogP contribution in [-0.2, 0) is 4.74 Å². The van der Waals surface area contributed by atoms with Gasteiger partial charge in [-0.3, -0.25) is 0 Å². The number of nitrogens with zero attached hydrogens (tertiary/aromatic N) is 1.